The minimum atomic E-state index is -0.584. The number of ether oxygens (including phenoxy) is 1. The number of anilines is 1. The minimum absolute atomic E-state index is 0.0262. The van der Waals surface area contributed by atoms with Gasteiger partial charge < -0.3 is 19.9 Å². The Morgan fingerprint density at radius 1 is 1.27 bits per heavy atom. The van der Waals surface area contributed by atoms with Crippen molar-refractivity contribution < 1.29 is 14.3 Å². The molecule has 0 saturated carbocycles. The van der Waals surface area contributed by atoms with Gasteiger partial charge in [-0.1, -0.05) is 17.7 Å². The second-order valence-electron chi connectivity index (χ2n) is 5.56. The van der Waals surface area contributed by atoms with Crippen LogP contribution in [-0.4, -0.2) is 56.2 Å². The van der Waals surface area contributed by atoms with E-state index in [1.807, 2.05) is 6.92 Å². The van der Waals surface area contributed by atoms with Crippen molar-refractivity contribution in [1.29, 1.82) is 0 Å². The second kappa shape index (κ2) is 7.15. The zero-order chi connectivity index (χ0) is 16.1. The van der Waals surface area contributed by atoms with Crippen LogP contribution in [0.2, 0.25) is 0 Å². The third kappa shape index (κ3) is 3.90. The van der Waals surface area contributed by atoms with Crippen molar-refractivity contribution in [3.8, 4) is 0 Å². The molecule has 1 fully saturated rings. The summed E-state index contributed by atoms with van der Waals surface area (Å²) < 4.78 is 4.47. The number of alkyl carbamates (subject to hydrolysis) is 1. The smallest absolute Gasteiger partial charge is 0.407 e. The Morgan fingerprint density at radius 2 is 1.95 bits per heavy atom. The number of hydrogen-bond acceptors (Lipinski definition) is 4. The first-order valence-electron chi connectivity index (χ1n) is 7.44. The maximum absolute atomic E-state index is 12.2. The van der Waals surface area contributed by atoms with Crippen LogP contribution in [0, 0.1) is 6.92 Å². The average molecular weight is 305 g/mol. The molecule has 1 saturated heterocycles. The summed E-state index contributed by atoms with van der Waals surface area (Å²) in [6, 6.07) is 8.51. The van der Waals surface area contributed by atoms with Crippen molar-refractivity contribution >= 4 is 17.7 Å². The molecule has 0 spiro atoms. The molecule has 1 aromatic carbocycles. The molecule has 1 aliphatic rings. The Kier molecular flexibility index (Phi) is 5.25. The van der Waals surface area contributed by atoms with Crippen molar-refractivity contribution in [3.05, 3.63) is 29.8 Å². The van der Waals surface area contributed by atoms with E-state index in [0.29, 0.717) is 6.54 Å². The lowest BCUT2D eigenvalue weighted by atomic mass is 10.1. The molecule has 1 N–H and O–H groups in total. The molecule has 0 aromatic heterocycles. The van der Waals surface area contributed by atoms with Crippen LogP contribution < -0.4 is 10.2 Å². The first-order chi connectivity index (χ1) is 10.5. The second-order valence-corrected chi connectivity index (χ2v) is 5.56. The van der Waals surface area contributed by atoms with Gasteiger partial charge in [-0.25, -0.2) is 4.79 Å². The van der Waals surface area contributed by atoms with E-state index < -0.39 is 6.09 Å². The molecule has 6 nitrogen and oxygen atoms in total. The van der Waals surface area contributed by atoms with Crippen LogP contribution in [0.4, 0.5) is 10.5 Å². The Morgan fingerprint density at radius 3 is 2.55 bits per heavy atom. The Balaban J connectivity index is 1.90. The average Bonchev–Trinajstić information content (AvgIpc) is 2.52. The van der Waals surface area contributed by atoms with Gasteiger partial charge >= 0.3 is 6.09 Å². The number of amides is 2. The first-order valence-corrected chi connectivity index (χ1v) is 7.44. The molecule has 1 aliphatic heterocycles. The van der Waals surface area contributed by atoms with Crippen LogP contribution >= 0.6 is 0 Å². The molecule has 22 heavy (non-hydrogen) atoms. The third-order valence-corrected chi connectivity index (χ3v) is 3.92. The fourth-order valence-electron chi connectivity index (χ4n) is 2.64. The number of carbonyl (C=O) groups excluding carboxylic acids is 2. The highest BCUT2D eigenvalue weighted by Crippen LogP contribution is 2.19. The number of piperazine rings is 1. The largest absolute Gasteiger partial charge is 0.453 e. The lowest BCUT2D eigenvalue weighted by Crippen LogP contribution is -2.56. The number of carbonyl (C=O) groups is 2. The van der Waals surface area contributed by atoms with Crippen molar-refractivity contribution in [1.82, 2.24) is 10.2 Å². The molecular formula is C16H23N3O3. The lowest BCUT2D eigenvalue weighted by Gasteiger charge is -2.41. The summed E-state index contributed by atoms with van der Waals surface area (Å²) in [5.74, 6) is -0.0820. The fraction of sp³-hybridized carbons (Fsp3) is 0.500. The number of aryl methyl sites for hydroxylation is 1. The maximum atomic E-state index is 12.2. The molecule has 1 heterocycles. The van der Waals surface area contributed by atoms with E-state index >= 15 is 0 Å². The Hall–Kier alpha value is -2.24. The van der Waals surface area contributed by atoms with Gasteiger partial charge in [0.1, 0.15) is 6.54 Å². The van der Waals surface area contributed by atoms with Gasteiger partial charge in [0, 0.05) is 31.4 Å². The Bertz CT molecular complexity index is 530. The molecule has 1 atom stereocenters. The first kappa shape index (κ1) is 16.1. The minimum Gasteiger partial charge on any atom is -0.453 e. The summed E-state index contributed by atoms with van der Waals surface area (Å²) in [6.45, 7) is 6.29. The number of rotatable bonds is 3. The zero-order valence-corrected chi connectivity index (χ0v) is 13.3. The number of hydrogen-bond donors (Lipinski definition) is 1. The summed E-state index contributed by atoms with van der Waals surface area (Å²) in [5.41, 5.74) is 2.41. The number of nitrogens with one attached hydrogen (secondary N) is 1. The molecule has 0 unspecified atom stereocenters. The number of methoxy groups -OCH3 is 1. The molecule has 0 bridgehead atoms. The lowest BCUT2D eigenvalue weighted by molar-refractivity contribution is -0.132. The summed E-state index contributed by atoms with van der Waals surface area (Å²) in [5, 5.41) is 2.43. The van der Waals surface area contributed by atoms with Crippen LogP contribution in [0.3, 0.4) is 0 Å². The molecule has 0 aliphatic carbocycles. The molecule has 2 rings (SSSR count). The van der Waals surface area contributed by atoms with Crippen molar-refractivity contribution in [2.75, 3.05) is 38.2 Å². The molecule has 2 amide bonds. The number of nitrogens with zero attached hydrogens (tertiary/aromatic N) is 2. The van der Waals surface area contributed by atoms with Gasteiger partial charge in [0.25, 0.3) is 0 Å². The van der Waals surface area contributed by atoms with Crippen LogP contribution in [0.1, 0.15) is 12.5 Å². The van der Waals surface area contributed by atoms with Gasteiger partial charge in [0.15, 0.2) is 0 Å². The monoisotopic (exact) mass is 305 g/mol. The van der Waals surface area contributed by atoms with E-state index in [1.165, 1.54) is 18.4 Å². The van der Waals surface area contributed by atoms with E-state index in [1.54, 1.807) is 4.90 Å². The van der Waals surface area contributed by atoms with Gasteiger partial charge in [0.2, 0.25) is 5.91 Å². The van der Waals surface area contributed by atoms with Gasteiger partial charge in [-0.15, -0.1) is 0 Å². The molecule has 6 heteroatoms. The molecule has 1 aromatic rings. The predicted octanol–water partition coefficient (Wildman–Crippen LogP) is 1.39. The van der Waals surface area contributed by atoms with E-state index in [-0.39, 0.29) is 18.5 Å². The zero-order valence-electron chi connectivity index (χ0n) is 13.3. The van der Waals surface area contributed by atoms with Crippen LogP contribution in [-0.2, 0) is 9.53 Å². The highest BCUT2D eigenvalue weighted by atomic mass is 16.5. The van der Waals surface area contributed by atoms with Gasteiger partial charge in [-0.3, -0.25) is 4.79 Å². The summed E-state index contributed by atoms with van der Waals surface area (Å²) in [6.07, 6.45) is -0.584. The van der Waals surface area contributed by atoms with E-state index in [0.717, 1.165) is 13.1 Å². The topological polar surface area (TPSA) is 61.9 Å². The highest BCUT2D eigenvalue weighted by molar-refractivity contribution is 5.82. The van der Waals surface area contributed by atoms with E-state index in [4.69, 9.17) is 0 Å². The fourth-order valence-corrected chi connectivity index (χ4v) is 2.64. The maximum Gasteiger partial charge on any atom is 0.407 e. The standard InChI is InChI=1S/C16H23N3O3/c1-12-4-6-14(7-5-12)18-8-9-19(13(2)11-18)15(20)10-17-16(21)22-3/h4-7,13H,8-11H2,1-3H3,(H,17,21)/t13-/m1/s1. The van der Waals surface area contributed by atoms with E-state index in [9.17, 15) is 9.59 Å². The van der Waals surface area contributed by atoms with Crippen LogP contribution in [0.5, 0.6) is 0 Å². The highest BCUT2D eigenvalue weighted by Gasteiger charge is 2.27. The van der Waals surface area contributed by atoms with Crippen molar-refractivity contribution in [3.63, 3.8) is 0 Å². The molecule has 120 valence electrons. The number of benzene rings is 1. The van der Waals surface area contributed by atoms with Crippen LogP contribution in [0.25, 0.3) is 0 Å². The summed E-state index contributed by atoms with van der Waals surface area (Å²) in [7, 11) is 1.28. The predicted molar refractivity (Wildman–Crippen MR) is 85.0 cm³/mol. The van der Waals surface area contributed by atoms with Gasteiger partial charge in [0.05, 0.1) is 7.11 Å². The Labute approximate surface area is 131 Å². The van der Waals surface area contributed by atoms with Gasteiger partial charge in [-0.05, 0) is 26.0 Å². The summed E-state index contributed by atoms with van der Waals surface area (Å²) in [4.78, 5) is 27.3. The quantitative estimate of drug-likeness (QED) is 0.916. The molecule has 0 radical (unpaired) electrons. The normalized spacial score (nSPS) is 18.0. The van der Waals surface area contributed by atoms with Crippen LogP contribution in [0.15, 0.2) is 24.3 Å². The van der Waals surface area contributed by atoms with Crippen molar-refractivity contribution in [2.24, 2.45) is 0 Å². The van der Waals surface area contributed by atoms with E-state index in [2.05, 4.69) is 46.1 Å². The molecular weight excluding hydrogens is 282 g/mol. The SMILES string of the molecule is COC(=O)NCC(=O)N1CCN(c2ccc(C)cc2)C[C@H]1C. The third-order valence-electron chi connectivity index (χ3n) is 3.92. The van der Waals surface area contributed by atoms with Gasteiger partial charge in [-0.2, -0.15) is 0 Å². The summed E-state index contributed by atoms with van der Waals surface area (Å²) >= 11 is 0. The van der Waals surface area contributed by atoms with Crippen molar-refractivity contribution in [2.45, 2.75) is 19.9 Å².